The second-order valence-corrected chi connectivity index (χ2v) is 6.00. The van der Waals surface area contributed by atoms with Gasteiger partial charge in [0.25, 0.3) is 0 Å². The van der Waals surface area contributed by atoms with Crippen molar-refractivity contribution in [3.05, 3.63) is 36.0 Å². The van der Waals surface area contributed by atoms with Gasteiger partial charge in [-0.1, -0.05) is 18.7 Å². The topological polar surface area (TPSA) is 72.8 Å². The molecule has 1 saturated heterocycles. The fourth-order valence-corrected chi connectivity index (χ4v) is 2.95. The van der Waals surface area contributed by atoms with Crippen LogP contribution in [-0.2, 0) is 19.1 Å². The highest BCUT2D eigenvalue weighted by Crippen LogP contribution is 2.37. The maximum absolute atomic E-state index is 11.9. The van der Waals surface area contributed by atoms with E-state index in [1.807, 2.05) is 13.0 Å². The van der Waals surface area contributed by atoms with Crippen LogP contribution >= 0.6 is 0 Å². The SMILES string of the molecule is C=C1C(=O)O[C@H]2CC(=C)[C@@H](O)CC/C(C)=C/[C@@H](OC(C)=O)[C@H]12. The summed E-state index contributed by atoms with van der Waals surface area (Å²) in [7, 11) is 0. The molecule has 0 saturated carbocycles. The largest absolute Gasteiger partial charge is 0.458 e. The molecule has 0 amide bonds. The van der Waals surface area contributed by atoms with Gasteiger partial charge in [-0.05, 0) is 31.4 Å². The molecule has 0 unspecified atom stereocenters. The number of hydrogen-bond donors (Lipinski definition) is 1. The summed E-state index contributed by atoms with van der Waals surface area (Å²) in [5, 5.41) is 10.1. The summed E-state index contributed by atoms with van der Waals surface area (Å²) in [5.74, 6) is -1.36. The van der Waals surface area contributed by atoms with Crippen molar-refractivity contribution < 1.29 is 24.2 Å². The molecule has 0 aromatic heterocycles. The standard InChI is InChI=1S/C17H22O5/c1-9-5-6-13(19)10(2)8-15-16(11(3)17(20)22-15)14(7-9)21-12(4)18/h7,13-16,19H,2-3,5-6,8H2,1,4H3/b9-7+/t13-,14+,15-,16-/m0/s1. The molecule has 22 heavy (non-hydrogen) atoms. The van der Waals surface area contributed by atoms with Gasteiger partial charge in [-0.15, -0.1) is 0 Å². The number of fused-ring (bicyclic) bond motifs is 1. The van der Waals surface area contributed by atoms with Gasteiger partial charge in [-0.25, -0.2) is 4.79 Å². The Kier molecular flexibility index (Phi) is 4.86. The van der Waals surface area contributed by atoms with Gasteiger partial charge in [-0.3, -0.25) is 4.79 Å². The third kappa shape index (κ3) is 3.47. The highest BCUT2D eigenvalue weighted by atomic mass is 16.6. The van der Waals surface area contributed by atoms with Gasteiger partial charge in [0, 0.05) is 18.9 Å². The molecule has 5 nitrogen and oxygen atoms in total. The number of aliphatic hydroxyl groups is 1. The Labute approximate surface area is 130 Å². The molecular weight excluding hydrogens is 284 g/mol. The monoisotopic (exact) mass is 306 g/mol. The van der Waals surface area contributed by atoms with Crippen LogP contribution in [0.4, 0.5) is 0 Å². The number of carbonyl (C=O) groups excluding carboxylic acids is 2. The summed E-state index contributed by atoms with van der Waals surface area (Å²) in [6.45, 7) is 10.9. The molecule has 0 spiro atoms. The highest BCUT2D eigenvalue weighted by molar-refractivity contribution is 5.91. The third-order valence-corrected chi connectivity index (χ3v) is 4.18. The number of rotatable bonds is 1. The first-order valence-corrected chi connectivity index (χ1v) is 7.39. The molecule has 1 N–H and O–H groups in total. The number of ether oxygens (including phenoxy) is 2. The summed E-state index contributed by atoms with van der Waals surface area (Å²) in [5.41, 5.74) is 1.89. The van der Waals surface area contributed by atoms with E-state index in [4.69, 9.17) is 9.47 Å². The summed E-state index contributed by atoms with van der Waals surface area (Å²) in [6, 6.07) is 0. The van der Waals surface area contributed by atoms with Gasteiger partial charge >= 0.3 is 11.9 Å². The van der Waals surface area contributed by atoms with Crippen molar-refractivity contribution in [2.75, 3.05) is 0 Å². The predicted octanol–water partition coefficient (Wildman–Crippen LogP) is 2.06. The van der Waals surface area contributed by atoms with Crippen LogP contribution in [0.1, 0.15) is 33.1 Å². The lowest BCUT2D eigenvalue weighted by Crippen LogP contribution is -2.33. The smallest absolute Gasteiger partial charge is 0.334 e. The van der Waals surface area contributed by atoms with Crippen LogP contribution in [0.25, 0.3) is 0 Å². The van der Waals surface area contributed by atoms with Crippen molar-refractivity contribution in [1.82, 2.24) is 0 Å². The van der Waals surface area contributed by atoms with E-state index < -0.39 is 36.2 Å². The molecule has 120 valence electrons. The van der Waals surface area contributed by atoms with Crippen molar-refractivity contribution >= 4 is 11.9 Å². The van der Waals surface area contributed by atoms with Gasteiger partial charge in [-0.2, -0.15) is 0 Å². The van der Waals surface area contributed by atoms with E-state index in [2.05, 4.69) is 13.2 Å². The zero-order valence-electron chi connectivity index (χ0n) is 13.0. The Morgan fingerprint density at radius 3 is 2.77 bits per heavy atom. The maximum atomic E-state index is 11.9. The predicted molar refractivity (Wildman–Crippen MR) is 80.8 cm³/mol. The summed E-state index contributed by atoms with van der Waals surface area (Å²) in [6.07, 6.45) is 1.62. The van der Waals surface area contributed by atoms with E-state index in [9.17, 15) is 14.7 Å². The van der Waals surface area contributed by atoms with Crippen molar-refractivity contribution in [2.45, 2.75) is 51.4 Å². The number of carbonyl (C=O) groups is 2. The number of esters is 2. The van der Waals surface area contributed by atoms with Crippen molar-refractivity contribution in [3.63, 3.8) is 0 Å². The Morgan fingerprint density at radius 2 is 2.14 bits per heavy atom. The van der Waals surface area contributed by atoms with Crippen LogP contribution in [0.15, 0.2) is 36.0 Å². The van der Waals surface area contributed by atoms with Crippen LogP contribution in [0.2, 0.25) is 0 Å². The molecule has 0 aromatic rings. The molecule has 1 fully saturated rings. The molecule has 5 heteroatoms. The molecule has 1 aliphatic carbocycles. The van der Waals surface area contributed by atoms with Crippen LogP contribution < -0.4 is 0 Å². The fraction of sp³-hybridized carbons (Fsp3) is 0.529. The number of hydrogen-bond acceptors (Lipinski definition) is 5. The average Bonchev–Trinajstić information content (AvgIpc) is 2.69. The van der Waals surface area contributed by atoms with E-state index in [-0.39, 0.29) is 0 Å². The lowest BCUT2D eigenvalue weighted by atomic mass is 9.84. The normalized spacial score (nSPS) is 35.2. The van der Waals surface area contributed by atoms with Gasteiger partial charge in [0.15, 0.2) is 0 Å². The third-order valence-electron chi connectivity index (χ3n) is 4.18. The zero-order chi connectivity index (χ0) is 16.4. The van der Waals surface area contributed by atoms with Gasteiger partial charge in [0.1, 0.15) is 12.2 Å². The lowest BCUT2D eigenvalue weighted by molar-refractivity contribution is -0.147. The second kappa shape index (κ2) is 6.48. The minimum Gasteiger partial charge on any atom is -0.458 e. The first-order chi connectivity index (χ1) is 10.3. The van der Waals surface area contributed by atoms with Crippen molar-refractivity contribution in [2.24, 2.45) is 5.92 Å². The zero-order valence-corrected chi connectivity index (χ0v) is 13.0. The van der Waals surface area contributed by atoms with Crippen molar-refractivity contribution in [1.29, 1.82) is 0 Å². The summed E-state index contributed by atoms with van der Waals surface area (Å²) < 4.78 is 10.7. The summed E-state index contributed by atoms with van der Waals surface area (Å²) >= 11 is 0. The van der Waals surface area contributed by atoms with E-state index in [0.29, 0.717) is 30.4 Å². The Morgan fingerprint density at radius 1 is 1.45 bits per heavy atom. The van der Waals surface area contributed by atoms with Gasteiger partial charge in [0.05, 0.1) is 12.0 Å². The number of aliphatic hydroxyl groups excluding tert-OH is 1. The Balaban J connectivity index is 2.40. The fourth-order valence-electron chi connectivity index (χ4n) is 2.95. The first kappa shape index (κ1) is 16.5. The van der Waals surface area contributed by atoms with E-state index in [0.717, 1.165) is 5.57 Å². The van der Waals surface area contributed by atoms with Crippen LogP contribution in [0.5, 0.6) is 0 Å². The van der Waals surface area contributed by atoms with Crippen LogP contribution in [0, 0.1) is 5.92 Å². The molecule has 2 rings (SSSR count). The van der Waals surface area contributed by atoms with E-state index in [1.54, 1.807) is 0 Å². The minimum absolute atomic E-state index is 0.295. The molecule has 4 atom stereocenters. The molecule has 0 aromatic carbocycles. The summed E-state index contributed by atoms with van der Waals surface area (Å²) in [4.78, 5) is 23.3. The molecule has 1 heterocycles. The Bertz CT molecular complexity index is 545. The van der Waals surface area contributed by atoms with Crippen LogP contribution in [-0.4, -0.2) is 35.4 Å². The Hall–Kier alpha value is -1.88. The second-order valence-electron chi connectivity index (χ2n) is 6.00. The maximum Gasteiger partial charge on any atom is 0.334 e. The van der Waals surface area contributed by atoms with E-state index >= 15 is 0 Å². The first-order valence-electron chi connectivity index (χ1n) is 7.39. The molecule has 0 radical (unpaired) electrons. The van der Waals surface area contributed by atoms with E-state index in [1.165, 1.54) is 6.92 Å². The molecule has 1 aliphatic heterocycles. The van der Waals surface area contributed by atoms with Crippen LogP contribution in [0.3, 0.4) is 0 Å². The average molecular weight is 306 g/mol. The quantitative estimate of drug-likeness (QED) is 0.456. The molecule has 2 aliphatic rings. The minimum atomic E-state index is -0.637. The highest BCUT2D eigenvalue weighted by Gasteiger charge is 2.44. The van der Waals surface area contributed by atoms with Gasteiger partial charge in [0.2, 0.25) is 0 Å². The molecule has 0 bridgehead atoms. The molecular formula is C17H22O5. The van der Waals surface area contributed by atoms with Crippen molar-refractivity contribution in [3.8, 4) is 0 Å². The van der Waals surface area contributed by atoms with Gasteiger partial charge < -0.3 is 14.6 Å². The lowest BCUT2D eigenvalue weighted by Gasteiger charge is -2.28. The number of allylic oxidation sites excluding steroid dienone is 1.